The summed E-state index contributed by atoms with van der Waals surface area (Å²) in [6.45, 7) is 0.653. The first kappa shape index (κ1) is 14.3. The van der Waals surface area contributed by atoms with Crippen LogP contribution in [0.2, 0.25) is 0 Å². The average Bonchev–Trinajstić information content (AvgIpc) is 2.54. The van der Waals surface area contributed by atoms with Gasteiger partial charge in [0, 0.05) is 20.8 Å². The van der Waals surface area contributed by atoms with Crippen molar-refractivity contribution in [1.29, 1.82) is 0 Å². The molecule has 0 spiro atoms. The Labute approximate surface area is 125 Å². The highest BCUT2D eigenvalue weighted by atomic mass is 16.7. The number of nitrogens with one attached hydrogen (secondary N) is 1. The lowest BCUT2D eigenvalue weighted by Gasteiger charge is -2.30. The van der Waals surface area contributed by atoms with Gasteiger partial charge in [0.2, 0.25) is 0 Å². The summed E-state index contributed by atoms with van der Waals surface area (Å²) in [4.78, 5) is 0. The smallest absolute Gasteiger partial charge is 0.169 e. The summed E-state index contributed by atoms with van der Waals surface area (Å²) in [5, 5.41) is 3.59. The standard InChI is InChI=1S/C18H21NO2/c1-20-17(21-2)12-19-18-15-9-5-3-7-13(15)11-14-8-4-6-10-16(14)18/h3-10,17-19H,11-12H2,1-2H3. The Morgan fingerprint density at radius 1 is 0.952 bits per heavy atom. The Morgan fingerprint density at radius 3 is 2.00 bits per heavy atom. The van der Waals surface area contributed by atoms with E-state index in [-0.39, 0.29) is 12.3 Å². The van der Waals surface area contributed by atoms with Gasteiger partial charge in [-0.15, -0.1) is 0 Å². The number of methoxy groups -OCH3 is 2. The number of ether oxygens (including phenoxy) is 2. The molecule has 1 N–H and O–H groups in total. The molecule has 110 valence electrons. The third kappa shape index (κ3) is 2.86. The van der Waals surface area contributed by atoms with E-state index in [0.717, 1.165) is 6.42 Å². The fourth-order valence-corrected chi connectivity index (χ4v) is 3.02. The minimum atomic E-state index is -0.230. The molecule has 0 atom stereocenters. The highest BCUT2D eigenvalue weighted by Crippen LogP contribution is 2.34. The summed E-state index contributed by atoms with van der Waals surface area (Å²) in [5.41, 5.74) is 5.48. The third-order valence-corrected chi connectivity index (χ3v) is 4.13. The number of fused-ring (bicyclic) bond motifs is 2. The zero-order valence-electron chi connectivity index (χ0n) is 12.5. The molecule has 0 saturated heterocycles. The summed E-state index contributed by atoms with van der Waals surface area (Å²) < 4.78 is 10.6. The van der Waals surface area contributed by atoms with E-state index < -0.39 is 0 Å². The molecule has 1 aliphatic rings. The molecule has 3 heteroatoms. The number of benzene rings is 2. The molecule has 3 nitrogen and oxygen atoms in total. The minimum absolute atomic E-state index is 0.193. The zero-order valence-corrected chi connectivity index (χ0v) is 12.5. The van der Waals surface area contributed by atoms with Gasteiger partial charge in [-0.3, -0.25) is 0 Å². The first-order valence-corrected chi connectivity index (χ1v) is 7.28. The molecule has 0 unspecified atom stereocenters. The highest BCUT2D eigenvalue weighted by Gasteiger charge is 2.25. The van der Waals surface area contributed by atoms with E-state index in [0.29, 0.717) is 6.54 Å². The van der Waals surface area contributed by atoms with Crippen molar-refractivity contribution in [2.24, 2.45) is 0 Å². The molecule has 0 saturated carbocycles. The van der Waals surface area contributed by atoms with E-state index in [4.69, 9.17) is 9.47 Å². The predicted molar refractivity (Wildman–Crippen MR) is 83.3 cm³/mol. The number of hydrogen-bond donors (Lipinski definition) is 1. The van der Waals surface area contributed by atoms with E-state index in [1.165, 1.54) is 22.3 Å². The summed E-state index contributed by atoms with van der Waals surface area (Å²) in [5.74, 6) is 0. The lowest BCUT2D eigenvalue weighted by molar-refractivity contribution is -0.0995. The van der Waals surface area contributed by atoms with Crippen LogP contribution in [-0.4, -0.2) is 27.1 Å². The summed E-state index contributed by atoms with van der Waals surface area (Å²) in [6, 6.07) is 17.5. The summed E-state index contributed by atoms with van der Waals surface area (Å²) in [6.07, 6.45) is 0.772. The first-order valence-electron chi connectivity index (χ1n) is 7.28. The highest BCUT2D eigenvalue weighted by molar-refractivity contribution is 5.48. The molecule has 0 aliphatic heterocycles. The topological polar surface area (TPSA) is 30.5 Å². The monoisotopic (exact) mass is 283 g/mol. The molecule has 0 amide bonds. The number of hydrogen-bond acceptors (Lipinski definition) is 3. The zero-order chi connectivity index (χ0) is 14.7. The van der Waals surface area contributed by atoms with Crippen LogP contribution in [0.25, 0.3) is 0 Å². The fourth-order valence-electron chi connectivity index (χ4n) is 3.02. The van der Waals surface area contributed by atoms with E-state index in [2.05, 4.69) is 53.8 Å². The van der Waals surface area contributed by atoms with Gasteiger partial charge < -0.3 is 14.8 Å². The maximum absolute atomic E-state index is 5.28. The van der Waals surface area contributed by atoms with Crippen molar-refractivity contribution in [2.45, 2.75) is 18.8 Å². The van der Waals surface area contributed by atoms with Crippen molar-refractivity contribution in [2.75, 3.05) is 20.8 Å². The van der Waals surface area contributed by atoms with Crippen molar-refractivity contribution in [3.8, 4) is 0 Å². The Bertz CT molecular complexity index is 562. The van der Waals surface area contributed by atoms with Gasteiger partial charge in [0.15, 0.2) is 6.29 Å². The van der Waals surface area contributed by atoms with E-state index >= 15 is 0 Å². The van der Waals surface area contributed by atoms with Crippen molar-refractivity contribution in [3.05, 3.63) is 70.8 Å². The maximum Gasteiger partial charge on any atom is 0.169 e. The molecule has 1 aliphatic carbocycles. The van der Waals surface area contributed by atoms with Gasteiger partial charge in [-0.1, -0.05) is 48.5 Å². The summed E-state index contributed by atoms with van der Waals surface area (Å²) >= 11 is 0. The first-order chi connectivity index (χ1) is 10.3. The van der Waals surface area contributed by atoms with Gasteiger partial charge in [0.1, 0.15) is 0 Å². The molecule has 0 fully saturated rings. The van der Waals surface area contributed by atoms with Crippen molar-refractivity contribution in [3.63, 3.8) is 0 Å². The molecule has 21 heavy (non-hydrogen) atoms. The van der Waals surface area contributed by atoms with Crippen LogP contribution in [0.1, 0.15) is 28.3 Å². The van der Waals surface area contributed by atoms with Gasteiger partial charge in [-0.25, -0.2) is 0 Å². The molecule has 0 aromatic heterocycles. The number of rotatable bonds is 5. The normalized spacial score (nSPS) is 14.0. The van der Waals surface area contributed by atoms with Crippen molar-refractivity contribution in [1.82, 2.24) is 5.32 Å². The Kier molecular flexibility index (Phi) is 4.34. The van der Waals surface area contributed by atoms with Crippen LogP contribution in [0.15, 0.2) is 48.5 Å². The molecule has 2 aromatic carbocycles. The lowest BCUT2D eigenvalue weighted by Crippen LogP contribution is -2.35. The maximum atomic E-state index is 5.28. The third-order valence-electron chi connectivity index (χ3n) is 4.13. The van der Waals surface area contributed by atoms with Gasteiger partial charge in [-0.05, 0) is 28.7 Å². The van der Waals surface area contributed by atoms with E-state index in [1.54, 1.807) is 14.2 Å². The van der Waals surface area contributed by atoms with E-state index in [1.807, 2.05) is 0 Å². The Balaban J connectivity index is 1.91. The van der Waals surface area contributed by atoms with Gasteiger partial charge >= 0.3 is 0 Å². The molecule has 2 aromatic rings. The molecular weight excluding hydrogens is 262 g/mol. The lowest BCUT2D eigenvalue weighted by atomic mass is 9.82. The van der Waals surface area contributed by atoms with Crippen LogP contribution in [0, 0.1) is 0 Å². The molecule has 0 bridgehead atoms. The van der Waals surface area contributed by atoms with Crippen LogP contribution in [-0.2, 0) is 15.9 Å². The second-order valence-corrected chi connectivity index (χ2v) is 5.32. The van der Waals surface area contributed by atoms with Gasteiger partial charge in [0.25, 0.3) is 0 Å². The largest absolute Gasteiger partial charge is 0.355 e. The molecule has 0 radical (unpaired) electrons. The van der Waals surface area contributed by atoms with Crippen LogP contribution >= 0.6 is 0 Å². The average molecular weight is 283 g/mol. The molecule has 0 heterocycles. The summed E-state index contributed by atoms with van der Waals surface area (Å²) in [7, 11) is 3.33. The SMILES string of the molecule is COC(CNC1c2ccccc2Cc2ccccc21)OC. The van der Waals surface area contributed by atoms with Crippen LogP contribution in [0.4, 0.5) is 0 Å². The van der Waals surface area contributed by atoms with Crippen LogP contribution < -0.4 is 5.32 Å². The Morgan fingerprint density at radius 2 is 1.48 bits per heavy atom. The minimum Gasteiger partial charge on any atom is -0.355 e. The van der Waals surface area contributed by atoms with E-state index in [9.17, 15) is 0 Å². The van der Waals surface area contributed by atoms with Crippen molar-refractivity contribution < 1.29 is 9.47 Å². The van der Waals surface area contributed by atoms with Gasteiger partial charge in [0.05, 0.1) is 6.04 Å². The second-order valence-electron chi connectivity index (χ2n) is 5.32. The predicted octanol–water partition coefficient (Wildman–Crippen LogP) is 2.89. The second kappa shape index (κ2) is 6.39. The fraction of sp³-hybridized carbons (Fsp3) is 0.333. The quantitative estimate of drug-likeness (QED) is 0.856. The van der Waals surface area contributed by atoms with Crippen LogP contribution in [0.3, 0.4) is 0 Å². The molecular formula is C18H21NO2. The van der Waals surface area contributed by atoms with Crippen molar-refractivity contribution >= 4 is 0 Å². The Hall–Kier alpha value is -1.68. The molecule has 3 rings (SSSR count). The van der Waals surface area contributed by atoms with Gasteiger partial charge in [-0.2, -0.15) is 0 Å². The van der Waals surface area contributed by atoms with Crippen LogP contribution in [0.5, 0.6) is 0 Å².